The highest BCUT2D eigenvalue weighted by Gasteiger charge is 2.26. The van der Waals surface area contributed by atoms with Crippen LogP contribution in [0.1, 0.15) is 54.6 Å². The van der Waals surface area contributed by atoms with E-state index in [1.807, 2.05) is 19.1 Å². The zero-order chi connectivity index (χ0) is 20.1. The van der Waals surface area contributed by atoms with Gasteiger partial charge in [0.05, 0.1) is 13.2 Å². The highest BCUT2D eigenvalue weighted by atomic mass is 32.2. The van der Waals surface area contributed by atoms with Crippen LogP contribution in [0.25, 0.3) is 0 Å². The lowest BCUT2D eigenvalue weighted by Crippen LogP contribution is -2.33. The van der Waals surface area contributed by atoms with E-state index in [0.717, 1.165) is 31.2 Å². The van der Waals surface area contributed by atoms with Gasteiger partial charge in [0.15, 0.2) is 0 Å². The van der Waals surface area contributed by atoms with E-state index in [9.17, 15) is 13.2 Å². The van der Waals surface area contributed by atoms with Gasteiger partial charge in [-0.05, 0) is 55.7 Å². The Hall–Kier alpha value is -2.45. The number of methoxy groups -OCH3 is 1. The average Bonchev–Trinajstić information content (AvgIpc) is 3.20. The number of nitrogens with one attached hydrogen (secondary N) is 2. The van der Waals surface area contributed by atoms with Crippen molar-refractivity contribution >= 4 is 15.9 Å². The van der Waals surface area contributed by atoms with Gasteiger partial charge >= 0.3 is 0 Å². The molecule has 150 valence electrons. The third-order valence-electron chi connectivity index (χ3n) is 4.95. The molecule has 1 fully saturated rings. The maximum atomic E-state index is 12.9. The van der Waals surface area contributed by atoms with E-state index < -0.39 is 10.0 Å². The fourth-order valence-corrected chi connectivity index (χ4v) is 4.87. The van der Waals surface area contributed by atoms with E-state index in [1.165, 1.54) is 19.2 Å². The first-order valence-corrected chi connectivity index (χ1v) is 10.8. The molecule has 1 aliphatic rings. The highest BCUT2D eigenvalue weighted by molar-refractivity contribution is 7.89. The minimum Gasteiger partial charge on any atom is -0.495 e. The van der Waals surface area contributed by atoms with E-state index in [-0.39, 0.29) is 34.2 Å². The van der Waals surface area contributed by atoms with Crippen molar-refractivity contribution in [1.82, 2.24) is 15.0 Å². The fraction of sp³-hybridized carbons (Fsp3) is 0.400. The van der Waals surface area contributed by atoms with Crippen LogP contribution in [0.3, 0.4) is 0 Å². The molecular weight excluding hydrogens is 378 g/mol. The molecular formula is C20H25N3O4S. The number of carbonyl (C=O) groups excluding carboxylic acids is 1. The van der Waals surface area contributed by atoms with Gasteiger partial charge in [-0.25, -0.2) is 13.1 Å². The first-order valence-electron chi connectivity index (χ1n) is 9.32. The number of nitrogens with zero attached hydrogens (tertiary/aromatic N) is 1. The van der Waals surface area contributed by atoms with Crippen molar-refractivity contribution < 1.29 is 17.9 Å². The lowest BCUT2D eigenvalue weighted by molar-refractivity contribution is 0.0939. The first kappa shape index (κ1) is 20.3. The molecule has 1 saturated carbocycles. The van der Waals surface area contributed by atoms with Crippen molar-refractivity contribution in [1.29, 1.82) is 0 Å². The summed E-state index contributed by atoms with van der Waals surface area (Å²) < 4.78 is 33.7. The van der Waals surface area contributed by atoms with E-state index in [4.69, 9.17) is 4.74 Å². The van der Waals surface area contributed by atoms with Crippen LogP contribution < -0.4 is 14.8 Å². The minimum absolute atomic E-state index is 0.0221. The Labute approximate surface area is 165 Å². The predicted molar refractivity (Wildman–Crippen MR) is 106 cm³/mol. The van der Waals surface area contributed by atoms with Crippen molar-refractivity contribution in [3.8, 4) is 5.75 Å². The molecule has 1 aromatic carbocycles. The van der Waals surface area contributed by atoms with Crippen molar-refractivity contribution in [3.05, 3.63) is 53.9 Å². The summed E-state index contributed by atoms with van der Waals surface area (Å²) >= 11 is 0. The van der Waals surface area contributed by atoms with Gasteiger partial charge < -0.3 is 10.1 Å². The largest absolute Gasteiger partial charge is 0.495 e. The number of amides is 1. The van der Waals surface area contributed by atoms with Crippen molar-refractivity contribution in [2.45, 2.75) is 49.6 Å². The second kappa shape index (κ2) is 8.70. The SMILES string of the molecule is COc1ccc(C(=O)N[C@@H](C)c2ccncc2)cc1S(=O)(=O)NC1CCCC1. The number of hydrogen-bond acceptors (Lipinski definition) is 5. The standard InChI is InChI=1S/C20H25N3O4S/c1-14(15-9-11-21-12-10-15)22-20(24)16-7-8-18(27-2)19(13-16)28(25,26)23-17-5-3-4-6-17/h7-14,17,23H,3-6H2,1-2H3,(H,22,24)/t14-/m0/s1. The Morgan fingerprint density at radius 3 is 2.50 bits per heavy atom. The smallest absolute Gasteiger partial charge is 0.251 e. The van der Waals surface area contributed by atoms with Crippen LogP contribution in [0.15, 0.2) is 47.6 Å². The van der Waals surface area contributed by atoms with E-state index in [1.54, 1.807) is 18.5 Å². The molecule has 7 nitrogen and oxygen atoms in total. The lowest BCUT2D eigenvalue weighted by Gasteiger charge is -2.17. The predicted octanol–water partition coefficient (Wildman–Crippen LogP) is 2.80. The Morgan fingerprint density at radius 2 is 1.86 bits per heavy atom. The van der Waals surface area contributed by atoms with Gasteiger partial charge in [0, 0.05) is 24.0 Å². The molecule has 28 heavy (non-hydrogen) atoms. The Morgan fingerprint density at radius 1 is 1.18 bits per heavy atom. The molecule has 0 radical (unpaired) electrons. The number of hydrogen-bond donors (Lipinski definition) is 2. The van der Waals surface area contributed by atoms with Gasteiger partial charge in [-0.2, -0.15) is 0 Å². The Balaban J connectivity index is 1.82. The van der Waals surface area contributed by atoms with Crippen LogP contribution in [-0.2, 0) is 10.0 Å². The molecule has 0 aliphatic heterocycles. The van der Waals surface area contributed by atoms with Crippen LogP contribution in [0.5, 0.6) is 5.75 Å². The van der Waals surface area contributed by atoms with E-state index in [2.05, 4.69) is 15.0 Å². The fourth-order valence-electron chi connectivity index (χ4n) is 3.37. The van der Waals surface area contributed by atoms with E-state index in [0.29, 0.717) is 0 Å². The summed E-state index contributed by atoms with van der Waals surface area (Å²) in [6, 6.07) is 7.76. The first-order chi connectivity index (χ1) is 13.4. The van der Waals surface area contributed by atoms with Gasteiger partial charge in [0.2, 0.25) is 10.0 Å². The van der Waals surface area contributed by atoms with Crippen LogP contribution in [0.4, 0.5) is 0 Å². The summed E-state index contributed by atoms with van der Waals surface area (Å²) in [5.74, 6) is -0.145. The summed E-state index contributed by atoms with van der Waals surface area (Å²) in [5.41, 5.74) is 1.17. The van der Waals surface area contributed by atoms with E-state index >= 15 is 0 Å². The van der Waals surface area contributed by atoms with Gasteiger partial charge in [0.1, 0.15) is 10.6 Å². The molecule has 2 aromatic rings. The summed E-state index contributed by atoms with van der Waals surface area (Å²) in [4.78, 5) is 16.6. The zero-order valence-corrected chi connectivity index (χ0v) is 16.8. The van der Waals surface area contributed by atoms with Crippen LogP contribution in [0.2, 0.25) is 0 Å². The number of sulfonamides is 1. The molecule has 1 amide bonds. The second-order valence-electron chi connectivity index (χ2n) is 6.94. The number of aromatic nitrogens is 1. The number of benzene rings is 1. The maximum absolute atomic E-state index is 12.9. The summed E-state index contributed by atoms with van der Waals surface area (Å²) in [6.45, 7) is 1.86. The quantitative estimate of drug-likeness (QED) is 0.741. The van der Waals surface area contributed by atoms with Crippen LogP contribution in [0, 0.1) is 0 Å². The summed E-state index contributed by atoms with van der Waals surface area (Å²) in [5, 5.41) is 2.88. The Bertz CT molecular complexity index is 926. The zero-order valence-electron chi connectivity index (χ0n) is 16.0. The van der Waals surface area contributed by atoms with Crippen molar-refractivity contribution in [3.63, 3.8) is 0 Å². The molecule has 0 saturated heterocycles. The topological polar surface area (TPSA) is 97.4 Å². The number of carbonyl (C=O) groups is 1. The van der Waals surface area contributed by atoms with Crippen LogP contribution in [-0.4, -0.2) is 32.5 Å². The molecule has 8 heteroatoms. The Kier molecular flexibility index (Phi) is 6.31. The van der Waals surface area contributed by atoms with Crippen molar-refractivity contribution in [2.24, 2.45) is 0 Å². The summed E-state index contributed by atoms with van der Waals surface area (Å²) in [7, 11) is -2.37. The summed E-state index contributed by atoms with van der Waals surface area (Å²) in [6.07, 6.45) is 6.99. The molecule has 1 aromatic heterocycles. The molecule has 0 bridgehead atoms. The number of ether oxygens (including phenoxy) is 1. The number of pyridine rings is 1. The average molecular weight is 404 g/mol. The molecule has 0 spiro atoms. The minimum atomic E-state index is -3.79. The normalized spacial score (nSPS) is 15.9. The van der Waals surface area contributed by atoms with Gasteiger partial charge in [0.25, 0.3) is 5.91 Å². The van der Waals surface area contributed by atoms with Gasteiger partial charge in [-0.3, -0.25) is 9.78 Å². The highest BCUT2D eigenvalue weighted by Crippen LogP contribution is 2.27. The lowest BCUT2D eigenvalue weighted by atomic mass is 10.1. The molecule has 3 rings (SSSR count). The van der Waals surface area contributed by atoms with Gasteiger partial charge in [-0.15, -0.1) is 0 Å². The van der Waals surface area contributed by atoms with Crippen LogP contribution >= 0.6 is 0 Å². The third-order valence-corrected chi connectivity index (χ3v) is 6.49. The number of rotatable bonds is 7. The van der Waals surface area contributed by atoms with Gasteiger partial charge in [-0.1, -0.05) is 12.8 Å². The molecule has 1 atom stereocenters. The van der Waals surface area contributed by atoms with Crippen molar-refractivity contribution in [2.75, 3.05) is 7.11 Å². The molecule has 2 N–H and O–H groups in total. The maximum Gasteiger partial charge on any atom is 0.251 e. The molecule has 0 unspecified atom stereocenters. The third kappa shape index (κ3) is 4.69. The monoisotopic (exact) mass is 403 g/mol. The molecule has 1 heterocycles. The second-order valence-corrected chi connectivity index (χ2v) is 8.63. The molecule has 1 aliphatic carbocycles.